The van der Waals surface area contributed by atoms with Crippen molar-refractivity contribution < 1.29 is 0 Å². The predicted octanol–water partition coefficient (Wildman–Crippen LogP) is -0.115. The van der Waals surface area contributed by atoms with Gasteiger partial charge in [-0.1, -0.05) is 0 Å². The molecule has 0 aliphatic carbocycles. The molecule has 96 valence electrons. The highest BCUT2D eigenvalue weighted by Gasteiger charge is 2.39. The third-order valence-electron chi connectivity index (χ3n) is 4.01. The molecule has 1 atom stereocenters. The van der Waals surface area contributed by atoms with E-state index < -0.39 is 0 Å². The first-order valence-electron chi connectivity index (χ1n) is 6.13. The number of nitrogens with zero attached hydrogens (tertiary/aromatic N) is 4. The highest BCUT2D eigenvalue weighted by molar-refractivity contribution is 5.01. The zero-order valence-electron chi connectivity index (χ0n) is 11.1. The van der Waals surface area contributed by atoms with E-state index in [9.17, 15) is 0 Å². The van der Waals surface area contributed by atoms with E-state index in [0.29, 0.717) is 6.54 Å². The van der Waals surface area contributed by atoms with Crippen LogP contribution in [-0.4, -0.2) is 58.6 Å². The van der Waals surface area contributed by atoms with Crippen LogP contribution in [0.25, 0.3) is 0 Å². The fourth-order valence-electron chi connectivity index (χ4n) is 2.62. The summed E-state index contributed by atoms with van der Waals surface area (Å²) in [7, 11) is 6.35. The van der Waals surface area contributed by atoms with Crippen LogP contribution in [0.5, 0.6) is 0 Å². The molecule has 2 N–H and O–H groups in total. The minimum absolute atomic E-state index is 0.112. The topological polar surface area (TPSA) is 50.3 Å². The minimum atomic E-state index is 0.112. The van der Waals surface area contributed by atoms with Crippen molar-refractivity contribution in [2.45, 2.75) is 18.5 Å². The number of imidazole rings is 1. The van der Waals surface area contributed by atoms with E-state index in [1.165, 1.54) is 0 Å². The van der Waals surface area contributed by atoms with Crippen molar-refractivity contribution in [3.8, 4) is 0 Å². The highest BCUT2D eigenvalue weighted by Crippen LogP contribution is 2.26. The molecule has 0 aromatic carbocycles. The molecular weight excluding hydrogens is 214 g/mol. The second-order valence-corrected chi connectivity index (χ2v) is 5.23. The van der Waals surface area contributed by atoms with Crippen LogP contribution in [0.4, 0.5) is 0 Å². The number of rotatable bonds is 4. The molecule has 1 unspecified atom stereocenters. The number of aromatic nitrogens is 2. The van der Waals surface area contributed by atoms with Crippen LogP contribution in [0.15, 0.2) is 12.4 Å². The van der Waals surface area contributed by atoms with Crippen LogP contribution in [0.2, 0.25) is 0 Å². The Balaban J connectivity index is 2.08. The lowest BCUT2D eigenvalue weighted by atomic mass is 9.96. The fraction of sp³-hybridized carbons (Fsp3) is 0.750. The van der Waals surface area contributed by atoms with E-state index in [2.05, 4.69) is 33.4 Å². The van der Waals surface area contributed by atoms with E-state index in [1.54, 1.807) is 0 Å². The SMILES string of the molecule is CN1CCC(CN)(N(C)Cc2nccn2C)C1. The molecule has 1 saturated heterocycles. The lowest BCUT2D eigenvalue weighted by molar-refractivity contribution is 0.121. The summed E-state index contributed by atoms with van der Waals surface area (Å²) < 4.78 is 2.07. The van der Waals surface area contributed by atoms with E-state index >= 15 is 0 Å². The van der Waals surface area contributed by atoms with Crippen molar-refractivity contribution in [3.63, 3.8) is 0 Å². The van der Waals surface area contributed by atoms with Gasteiger partial charge in [-0.15, -0.1) is 0 Å². The predicted molar refractivity (Wildman–Crippen MR) is 68.6 cm³/mol. The van der Waals surface area contributed by atoms with Gasteiger partial charge in [0.15, 0.2) is 0 Å². The average Bonchev–Trinajstić information content (AvgIpc) is 2.87. The van der Waals surface area contributed by atoms with Crippen molar-refractivity contribution in [3.05, 3.63) is 18.2 Å². The van der Waals surface area contributed by atoms with Gasteiger partial charge in [0.05, 0.1) is 6.54 Å². The molecule has 0 amide bonds. The molecule has 17 heavy (non-hydrogen) atoms. The Morgan fingerprint density at radius 2 is 2.29 bits per heavy atom. The Kier molecular flexibility index (Phi) is 3.51. The summed E-state index contributed by atoms with van der Waals surface area (Å²) in [5, 5.41) is 0. The van der Waals surface area contributed by atoms with E-state index in [-0.39, 0.29) is 5.54 Å². The largest absolute Gasteiger partial charge is 0.337 e. The van der Waals surface area contributed by atoms with Crippen LogP contribution < -0.4 is 5.73 Å². The molecule has 5 heteroatoms. The van der Waals surface area contributed by atoms with Gasteiger partial charge < -0.3 is 15.2 Å². The summed E-state index contributed by atoms with van der Waals surface area (Å²) in [6.07, 6.45) is 4.97. The molecule has 1 aliphatic heterocycles. The molecule has 1 aliphatic rings. The van der Waals surface area contributed by atoms with Crippen molar-refractivity contribution >= 4 is 0 Å². The minimum Gasteiger partial charge on any atom is -0.337 e. The molecule has 2 heterocycles. The molecular formula is C12H23N5. The first-order valence-corrected chi connectivity index (χ1v) is 6.13. The third kappa shape index (κ3) is 2.36. The molecule has 5 nitrogen and oxygen atoms in total. The van der Waals surface area contributed by atoms with Gasteiger partial charge in [0.1, 0.15) is 5.82 Å². The normalized spacial score (nSPS) is 25.9. The monoisotopic (exact) mass is 237 g/mol. The van der Waals surface area contributed by atoms with Crippen LogP contribution in [0.1, 0.15) is 12.2 Å². The zero-order valence-corrected chi connectivity index (χ0v) is 11.1. The quantitative estimate of drug-likeness (QED) is 0.793. The molecule has 2 rings (SSSR count). The van der Waals surface area contributed by atoms with Crippen molar-refractivity contribution in [1.82, 2.24) is 19.4 Å². The lowest BCUT2D eigenvalue weighted by Gasteiger charge is -2.37. The molecule has 0 bridgehead atoms. The van der Waals surface area contributed by atoms with Crippen LogP contribution in [0, 0.1) is 0 Å². The summed E-state index contributed by atoms with van der Waals surface area (Å²) in [6, 6.07) is 0. The number of likely N-dealkylation sites (N-methyl/N-ethyl adjacent to an activating group) is 2. The van der Waals surface area contributed by atoms with Gasteiger partial charge in [-0.3, -0.25) is 4.90 Å². The summed E-state index contributed by atoms with van der Waals surface area (Å²) in [4.78, 5) is 9.09. The molecule has 1 fully saturated rings. The van der Waals surface area contributed by atoms with Crippen LogP contribution >= 0.6 is 0 Å². The van der Waals surface area contributed by atoms with Gasteiger partial charge in [-0.25, -0.2) is 4.98 Å². The van der Waals surface area contributed by atoms with Crippen LogP contribution in [-0.2, 0) is 13.6 Å². The standard InChI is InChI=1S/C12H23N5/c1-15-6-4-12(9-13,10-15)17(3)8-11-14-5-7-16(11)2/h5,7H,4,6,8-10,13H2,1-3H3. The van der Waals surface area contributed by atoms with Gasteiger partial charge >= 0.3 is 0 Å². The van der Waals surface area contributed by atoms with Crippen molar-refractivity contribution in [2.24, 2.45) is 12.8 Å². The Bertz CT molecular complexity index is 375. The Morgan fingerprint density at radius 3 is 2.76 bits per heavy atom. The maximum atomic E-state index is 6.00. The van der Waals surface area contributed by atoms with Crippen molar-refractivity contribution in [1.29, 1.82) is 0 Å². The van der Waals surface area contributed by atoms with Gasteiger partial charge in [-0.2, -0.15) is 0 Å². The molecule has 1 aromatic heterocycles. The van der Waals surface area contributed by atoms with Gasteiger partial charge in [-0.05, 0) is 27.1 Å². The summed E-state index contributed by atoms with van der Waals surface area (Å²) in [6.45, 7) is 3.74. The van der Waals surface area contributed by atoms with E-state index in [4.69, 9.17) is 5.73 Å². The number of likely N-dealkylation sites (tertiary alicyclic amines) is 1. The van der Waals surface area contributed by atoms with Crippen LogP contribution in [0.3, 0.4) is 0 Å². The summed E-state index contributed by atoms with van der Waals surface area (Å²) in [5.74, 6) is 1.09. The summed E-state index contributed by atoms with van der Waals surface area (Å²) in [5.41, 5.74) is 6.12. The average molecular weight is 237 g/mol. The molecule has 1 aromatic rings. The first kappa shape index (κ1) is 12.5. The Hall–Kier alpha value is -0.910. The van der Waals surface area contributed by atoms with Crippen molar-refractivity contribution in [2.75, 3.05) is 33.7 Å². The number of hydrogen-bond donors (Lipinski definition) is 1. The highest BCUT2D eigenvalue weighted by atomic mass is 15.3. The maximum Gasteiger partial charge on any atom is 0.122 e. The Labute approximate surface area is 103 Å². The molecule has 0 spiro atoms. The smallest absolute Gasteiger partial charge is 0.122 e. The molecule has 0 saturated carbocycles. The first-order chi connectivity index (χ1) is 8.07. The van der Waals surface area contributed by atoms with E-state index in [1.807, 2.05) is 19.4 Å². The maximum absolute atomic E-state index is 6.00. The lowest BCUT2D eigenvalue weighted by Crippen LogP contribution is -2.53. The number of nitrogens with two attached hydrogens (primary N) is 1. The number of hydrogen-bond acceptors (Lipinski definition) is 4. The molecule has 0 radical (unpaired) electrons. The second-order valence-electron chi connectivity index (χ2n) is 5.23. The fourth-order valence-corrected chi connectivity index (χ4v) is 2.62. The van der Waals surface area contributed by atoms with Gasteiger partial charge in [0.25, 0.3) is 0 Å². The Morgan fingerprint density at radius 1 is 1.53 bits per heavy atom. The number of aryl methyl sites for hydroxylation is 1. The second kappa shape index (κ2) is 4.76. The third-order valence-corrected chi connectivity index (χ3v) is 4.01. The van der Waals surface area contributed by atoms with Gasteiger partial charge in [0.2, 0.25) is 0 Å². The van der Waals surface area contributed by atoms with Gasteiger partial charge in [0, 0.05) is 38.1 Å². The van der Waals surface area contributed by atoms with E-state index in [0.717, 1.165) is 31.9 Å². The summed E-state index contributed by atoms with van der Waals surface area (Å²) >= 11 is 0. The zero-order chi connectivity index (χ0) is 12.5.